The molecule has 3 aliphatic rings. The summed E-state index contributed by atoms with van der Waals surface area (Å²) in [5, 5.41) is 10.4. The van der Waals surface area contributed by atoms with Gasteiger partial charge in [-0.05, 0) is 18.5 Å². The lowest BCUT2D eigenvalue weighted by atomic mass is 9.96. The predicted molar refractivity (Wildman–Crippen MR) is 164 cm³/mol. The number of hydrogen-bond donors (Lipinski definition) is 5. The molecule has 0 saturated carbocycles. The summed E-state index contributed by atoms with van der Waals surface area (Å²) < 4.78 is 83.3. The third-order valence-electron chi connectivity index (χ3n) is 7.71. The summed E-state index contributed by atoms with van der Waals surface area (Å²) in [5.41, 5.74) is 5.99. The van der Waals surface area contributed by atoms with Crippen molar-refractivity contribution in [1.29, 1.82) is 0 Å². The van der Waals surface area contributed by atoms with Crippen LogP contribution in [0.3, 0.4) is 0 Å². The molecule has 0 unspecified atom stereocenters. The van der Waals surface area contributed by atoms with Gasteiger partial charge in [-0.2, -0.15) is 4.37 Å². The number of nitrogen functional groups attached to an aromatic ring is 1. The van der Waals surface area contributed by atoms with Gasteiger partial charge in [-0.1, -0.05) is 24.5 Å². The summed E-state index contributed by atoms with van der Waals surface area (Å²) in [4.78, 5) is 31.9. The average molecular weight is 739 g/mol. The van der Waals surface area contributed by atoms with E-state index in [-0.39, 0.29) is 28.0 Å². The molecule has 3 aliphatic heterocycles. The summed E-state index contributed by atoms with van der Waals surface area (Å²) in [7, 11) is 0. The minimum atomic E-state index is -4.36. The summed E-state index contributed by atoms with van der Waals surface area (Å²) in [5.74, 6) is -0.579. The number of aromatic amines is 1. The van der Waals surface area contributed by atoms with Gasteiger partial charge in [0.15, 0.2) is 29.4 Å². The minimum absolute atomic E-state index is 0.0424. The number of aromatic nitrogens is 7. The van der Waals surface area contributed by atoms with Crippen LogP contribution in [0.4, 0.5) is 10.2 Å². The van der Waals surface area contributed by atoms with Crippen molar-refractivity contribution in [3.05, 3.63) is 33.7 Å². The van der Waals surface area contributed by atoms with Crippen molar-refractivity contribution in [2.45, 2.75) is 49.8 Å². The second-order valence-electron chi connectivity index (χ2n) is 10.6. The van der Waals surface area contributed by atoms with E-state index in [1.54, 1.807) is 6.92 Å². The zero-order valence-electron chi connectivity index (χ0n) is 23.4. The lowest BCUT2D eigenvalue weighted by Crippen LogP contribution is -2.33. The van der Waals surface area contributed by atoms with Gasteiger partial charge in [0.1, 0.15) is 47.6 Å². The quantitative estimate of drug-likeness (QED) is 0.150. The van der Waals surface area contributed by atoms with E-state index >= 15 is 4.39 Å². The van der Waals surface area contributed by atoms with Gasteiger partial charge < -0.3 is 25.3 Å². The Kier molecular flexibility index (Phi) is 8.55. The Bertz CT molecular complexity index is 1970. The van der Waals surface area contributed by atoms with Gasteiger partial charge in [0.25, 0.3) is 5.56 Å². The zero-order valence-corrected chi connectivity index (χ0v) is 27.7. The highest BCUT2D eigenvalue weighted by Gasteiger charge is 2.54. The number of imidazole rings is 1. The van der Waals surface area contributed by atoms with Crippen molar-refractivity contribution in [3.63, 3.8) is 0 Å². The molecule has 0 aliphatic carbocycles. The van der Waals surface area contributed by atoms with E-state index in [0.717, 1.165) is 11.5 Å². The average Bonchev–Trinajstić information content (AvgIpc) is 3.75. The molecule has 46 heavy (non-hydrogen) atoms. The van der Waals surface area contributed by atoms with Crippen molar-refractivity contribution in [3.8, 4) is 0 Å². The first-order valence-electron chi connectivity index (χ1n) is 13.5. The van der Waals surface area contributed by atoms with Gasteiger partial charge in [-0.3, -0.25) is 27.5 Å². The van der Waals surface area contributed by atoms with Crippen LogP contribution in [-0.4, -0.2) is 89.4 Å². The lowest BCUT2D eigenvalue weighted by Gasteiger charge is -2.26. The molecule has 3 saturated heterocycles. The van der Waals surface area contributed by atoms with Crippen LogP contribution in [-0.2, 0) is 36.7 Å². The van der Waals surface area contributed by atoms with Crippen LogP contribution >= 0.6 is 49.6 Å². The van der Waals surface area contributed by atoms with Crippen LogP contribution in [0.1, 0.15) is 23.0 Å². The number of ether oxygens (including phenoxy) is 2. The number of hydrogen-bond acceptors (Lipinski definition) is 17. The number of nitrogens with two attached hydrogens (primary N) is 1. The number of nitrogens with zero attached hydrogens (tertiary/aromatic N) is 6. The van der Waals surface area contributed by atoms with Crippen LogP contribution in [0.5, 0.6) is 0 Å². The molecule has 3 fully saturated rings. The fraction of sp³-hybridized carbons (Fsp3) is 0.545. The van der Waals surface area contributed by atoms with Gasteiger partial charge in [0.2, 0.25) is 0 Å². The van der Waals surface area contributed by atoms with Crippen molar-refractivity contribution in [2.75, 3.05) is 25.6 Å². The normalized spacial score (nSPS) is 37.2. The van der Waals surface area contributed by atoms with Crippen molar-refractivity contribution >= 4 is 77.6 Å². The Labute approximate surface area is 272 Å². The number of anilines is 1. The summed E-state index contributed by atoms with van der Waals surface area (Å²) >= 11 is 9.10. The van der Waals surface area contributed by atoms with E-state index in [1.807, 2.05) is 0 Å². The molecular formula is C22H25FN8O10P2S3. The molecule has 4 aromatic rings. The van der Waals surface area contributed by atoms with Crippen LogP contribution < -0.4 is 11.3 Å². The van der Waals surface area contributed by atoms with E-state index < -0.39 is 87.8 Å². The molecule has 4 aromatic heterocycles. The Hall–Kier alpha value is -2.07. The summed E-state index contributed by atoms with van der Waals surface area (Å²) in [6, 6.07) is 0. The third kappa shape index (κ3) is 5.81. The Morgan fingerprint density at radius 2 is 1.80 bits per heavy atom. The Morgan fingerprint density at radius 3 is 2.54 bits per heavy atom. The van der Waals surface area contributed by atoms with Gasteiger partial charge in [0, 0.05) is 5.92 Å². The van der Waals surface area contributed by atoms with Gasteiger partial charge in [0.05, 0.1) is 37.1 Å². The number of halogens is 1. The van der Waals surface area contributed by atoms with Crippen LogP contribution in [0.15, 0.2) is 17.4 Å². The highest BCUT2D eigenvalue weighted by molar-refractivity contribution is 8.44. The maximum absolute atomic E-state index is 16.1. The highest BCUT2D eigenvalue weighted by Crippen LogP contribution is 2.61. The molecular weight excluding hydrogens is 713 g/mol. The zero-order chi connectivity index (χ0) is 32.5. The van der Waals surface area contributed by atoms with E-state index in [0.29, 0.717) is 10.7 Å². The first kappa shape index (κ1) is 32.5. The first-order valence-corrected chi connectivity index (χ1v) is 19.7. The maximum atomic E-state index is 16.1. The number of aliphatic hydroxyl groups is 1. The molecule has 7 rings (SSSR count). The van der Waals surface area contributed by atoms with Gasteiger partial charge >= 0.3 is 13.6 Å². The van der Waals surface area contributed by atoms with Gasteiger partial charge in [-0.25, -0.2) is 33.5 Å². The fourth-order valence-electron chi connectivity index (χ4n) is 5.63. The summed E-state index contributed by atoms with van der Waals surface area (Å²) in [6.07, 6.45) is -7.35. The molecule has 7 heterocycles. The largest absolute Gasteiger partial charge is 0.396 e. The highest BCUT2D eigenvalue weighted by atomic mass is 32.7. The Morgan fingerprint density at radius 1 is 1.09 bits per heavy atom. The number of nitrogens with one attached hydrogen (secondary N) is 1. The summed E-state index contributed by atoms with van der Waals surface area (Å²) in [6.45, 7) is -8.79. The van der Waals surface area contributed by atoms with E-state index in [9.17, 15) is 19.0 Å². The molecule has 0 aromatic carbocycles. The molecule has 10 atom stereocenters. The van der Waals surface area contributed by atoms with E-state index in [1.165, 1.54) is 17.2 Å². The van der Waals surface area contributed by atoms with Crippen molar-refractivity contribution in [1.82, 2.24) is 33.9 Å². The van der Waals surface area contributed by atoms with Crippen LogP contribution in [0.2, 0.25) is 0 Å². The number of fused-ring (bicyclic) bond motifs is 5. The molecule has 0 spiro atoms. The molecule has 248 valence electrons. The molecule has 0 radical (unpaired) electrons. The van der Waals surface area contributed by atoms with Crippen molar-refractivity contribution < 1.29 is 46.2 Å². The SMILES string of the molecule is Cc1nc2c([C@@H]3O[C@@H]4CO[P@@](=O)(S)O[C@H]5[C@@H](F)[C@H](n6cnc7c(N)ncnc76)O[C@@H]5CO[P@](=O)(S)O[C@@H]3[C@@H]4CO)snc2c(=O)[nH]1. The maximum Gasteiger partial charge on any atom is 0.386 e. The third-order valence-corrected chi connectivity index (χ3v) is 11.8. The number of H-pyrrole nitrogens is 1. The topological polar surface area (TPSA) is 238 Å². The minimum Gasteiger partial charge on any atom is -0.396 e. The lowest BCUT2D eigenvalue weighted by molar-refractivity contribution is -0.0452. The Balaban J connectivity index is 1.22. The van der Waals surface area contributed by atoms with E-state index in [2.05, 4.69) is 53.8 Å². The number of alkyl halides is 1. The van der Waals surface area contributed by atoms with E-state index in [4.69, 9.17) is 33.3 Å². The monoisotopic (exact) mass is 738 g/mol. The standard InChI is InChI=1S/C22H25FN8O10P2S3/c1-7-28-12-13(21(33)29-7)30-46-18(12)17-15-8(2-32)9(38-17)3-36-43(35,45)41-16-10(4-37-42(34,44)40-15)39-22(11(16)23)31-6-27-14-19(24)25-5-26-20(14)31/h5-6,8-11,15-17,22,32H,2-4H2,1H3,(H,34,44)(H,35,45)(H2,24,25,26)(H,28,29,33)/t8-,9-,10-,11-,15-,16-,17-,22-,42+,43-/m1/s1. The van der Waals surface area contributed by atoms with Crippen LogP contribution in [0, 0.1) is 12.8 Å². The second-order valence-corrected chi connectivity index (χ2v) is 17.2. The number of aryl methyl sites for hydroxylation is 1. The van der Waals surface area contributed by atoms with Crippen molar-refractivity contribution in [2.24, 2.45) is 5.92 Å². The molecule has 18 nitrogen and oxygen atoms in total. The van der Waals surface area contributed by atoms with Crippen LogP contribution in [0.25, 0.3) is 22.2 Å². The predicted octanol–water partition coefficient (Wildman–Crippen LogP) is 2.29. The fourth-order valence-corrected chi connectivity index (χ4v) is 9.49. The molecule has 24 heteroatoms. The number of thiol groups is 2. The molecule has 4 N–H and O–H groups in total. The van der Waals surface area contributed by atoms with Gasteiger partial charge in [-0.15, -0.1) is 0 Å². The molecule has 2 bridgehead atoms. The molecule has 0 amide bonds. The number of aliphatic hydroxyl groups excluding tert-OH is 1. The smallest absolute Gasteiger partial charge is 0.386 e. The first-order chi connectivity index (χ1) is 21.9. The second kappa shape index (κ2) is 12.1. The number of rotatable bonds is 3.